The summed E-state index contributed by atoms with van der Waals surface area (Å²) in [4.78, 5) is 13.5. The van der Waals surface area contributed by atoms with E-state index in [1.807, 2.05) is 12.1 Å². The molecule has 0 aliphatic carbocycles. The molecule has 1 fully saturated rings. The van der Waals surface area contributed by atoms with E-state index in [0.29, 0.717) is 12.2 Å². The summed E-state index contributed by atoms with van der Waals surface area (Å²) in [6.07, 6.45) is 0.126. The Morgan fingerprint density at radius 1 is 1.42 bits per heavy atom. The van der Waals surface area contributed by atoms with Crippen LogP contribution in [-0.4, -0.2) is 49.6 Å². The third kappa shape index (κ3) is 4.04. The van der Waals surface area contributed by atoms with Crippen molar-refractivity contribution >= 4 is 5.78 Å². The van der Waals surface area contributed by atoms with Crippen LogP contribution in [0.1, 0.15) is 24.2 Å². The summed E-state index contributed by atoms with van der Waals surface area (Å²) in [5.74, 6) is 0.850. The van der Waals surface area contributed by atoms with Crippen LogP contribution in [0.25, 0.3) is 0 Å². The first-order valence-corrected chi connectivity index (χ1v) is 6.76. The number of likely N-dealkylation sites (N-methyl/N-ethyl adjacent to an activating group) is 1. The van der Waals surface area contributed by atoms with Crippen molar-refractivity contribution in [1.29, 1.82) is 0 Å². The maximum Gasteiger partial charge on any atom is 0.159 e. The number of hydrogen-bond acceptors (Lipinski definition) is 4. The minimum absolute atomic E-state index is 0.0701. The van der Waals surface area contributed by atoms with E-state index in [9.17, 15) is 4.79 Å². The Labute approximate surface area is 114 Å². The maximum absolute atomic E-state index is 11.2. The molecule has 1 heterocycles. The average molecular weight is 263 g/mol. The highest BCUT2D eigenvalue weighted by molar-refractivity contribution is 5.94. The van der Waals surface area contributed by atoms with Gasteiger partial charge in [-0.3, -0.25) is 9.69 Å². The Morgan fingerprint density at radius 3 is 2.79 bits per heavy atom. The van der Waals surface area contributed by atoms with Gasteiger partial charge >= 0.3 is 0 Å². The van der Waals surface area contributed by atoms with Crippen LogP contribution in [-0.2, 0) is 4.74 Å². The number of rotatable bonds is 5. The lowest BCUT2D eigenvalue weighted by molar-refractivity contribution is -0.0464. The highest BCUT2D eigenvalue weighted by Gasteiger charge is 2.19. The Balaban J connectivity index is 1.83. The fourth-order valence-corrected chi connectivity index (χ4v) is 2.14. The number of morpholine rings is 1. The molecular weight excluding hydrogens is 242 g/mol. The lowest BCUT2D eigenvalue weighted by Gasteiger charge is -2.31. The number of benzene rings is 1. The van der Waals surface area contributed by atoms with Crippen LogP contribution in [0.15, 0.2) is 24.3 Å². The molecular formula is C15H21NO3. The highest BCUT2D eigenvalue weighted by Crippen LogP contribution is 2.14. The molecule has 1 saturated heterocycles. The number of hydrogen-bond donors (Lipinski definition) is 0. The molecule has 0 radical (unpaired) electrons. The number of ketones is 1. The summed E-state index contributed by atoms with van der Waals surface area (Å²) in [7, 11) is 0. The van der Waals surface area contributed by atoms with Crippen molar-refractivity contribution in [2.75, 3.05) is 32.8 Å². The van der Waals surface area contributed by atoms with Crippen LogP contribution >= 0.6 is 0 Å². The Hall–Kier alpha value is -1.39. The number of ether oxygens (including phenoxy) is 2. The number of carbonyl (C=O) groups is 1. The van der Waals surface area contributed by atoms with Gasteiger partial charge in [-0.05, 0) is 37.7 Å². The van der Waals surface area contributed by atoms with Gasteiger partial charge in [0.2, 0.25) is 0 Å². The van der Waals surface area contributed by atoms with E-state index in [2.05, 4.69) is 11.8 Å². The predicted octanol–water partition coefficient (Wildman–Crippen LogP) is 1.99. The molecule has 1 atom stereocenters. The van der Waals surface area contributed by atoms with Crippen molar-refractivity contribution in [3.8, 4) is 5.75 Å². The average Bonchev–Trinajstić information content (AvgIpc) is 2.46. The van der Waals surface area contributed by atoms with Crippen molar-refractivity contribution < 1.29 is 14.3 Å². The summed E-state index contributed by atoms with van der Waals surface area (Å²) in [5, 5.41) is 0. The molecule has 4 heteroatoms. The van der Waals surface area contributed by atoms with Crippen molar-refractivity contribution in [2.45, 2.75) is 20.0 Å². The quantitative estimate of drug-likeness (QED) is 0.762. The van der Waals surface area contributed by atoms with E-state index in [1.165, 1.54) is 0 Å². The zero-order valence-electron chi connectivity index (χ0n) is 11.6. The Bertz CT molecular complexity index is 416. The predicted molar refractivity (Wildman–Crippen MR) is 73.8 cm³/mol. The fraction of sp³-hybridized carbons (Fsp3) is 0.533. The summed E-state index contributed by atoms with van der Waals surface area (Å²) < 4.78 is 11.4. The number of carbonyl (C=O) groups excluding carboxylic acids is 1. The van der Waals surface area contributed by atoms with Gasteiger partial charge in [-0.25, -0.2) is 0 Å². The monoisotopic (exact) mass is 263 g/mol. The van der Waals surface area contributed by atoms with Crippen molar-refractivity contribution in [2.24, 2.45) is 0 Å². The molecule has 0 amide bonds. The Morgan fingerprint density at radius 2 is 2.16 bits per heavy atom. The third-order valence-corrected chi connectivity index (χ3v) is 3.37. The molecule has 1 aliphatic heterocycles. The van der Waals surface area contributed by atoms with Gasteiger partial charge in [0.1, 0.15) is 18.5 Å². The van der Waals surface area contributed by atoms with E-state index in [4.69, 9.17) is 9.47 Å². The van der Waals surface area contributed by atoms with E-state index < -0.39 is 0 Å². The lowest BCUT2D eigenvalue weighted by Crippen LogP contribution is -2.44. The standard InChI is InChI=1S/C15H21NO3/c1-3-16-8-9-18-15(10-16)11-19-14-6-4-13(5-7-14)12(2)17/h4-7,15H,3,8-11H2,1-2H3. The van der Waals surface area contributed by atoms with Gasteiger partial charge < -0.3 is 9.47 Å². The largest absolute Gasteiger partial charge is 0.491 e. The Kier molecular flexibility index (Phi) is 4.93. The molecule has 0 saturated carbocycles. The van der Waals surface area contributed by atoms with E-state index in [0.717, 1.165) is 32.0 Å². The van der Waals surface area contributed by atoms with Crippen molar-refractivity contribution in [3.63, 3.8) is 0 Å². The van der Waals surface area contributed by atoms with Gasteiger partial charge in [0.15, 0.2) is 5.78 Å². The molecule has 1 aromatic carbocycles. The second-order valence-electron chi connectivity index (χ2n) is 4.78. The number of Topliss-reactive ketones (excluding diaryl/α,β-unsaturated/α-hetero) is 1. The first-order valence-electron chi connectivity index (χ1n) is 6.76. The minimum atomic E-state index is 0.0701. The lowest BCUT2D eigenvalue weighted by atomic mass is 10.1. The van der Waals surface area contributed by atoms with E-state index in [-0.39, 0.29) is 11.9 Å². The second kappa shape index (κ2) is 6.68. The molecule has 0 N–H and O–H groups in total. The summed E-state index contributed by atoms with van der Waals surface area (Å²) in [5.41, 5.74) is 0.707. The molecule has 0 spiro atoms. The summed E-state index contributed by atoms with van der Waals surface area (Å²) >= 11 is 0. The summed E-state index contributed by atoms with van der Waals surface area (Å²) in [6.45, 7) is 8.01. The van der Waals surface area contributed by atoms with Gasteiger partial charge in [0.25, 0.3) is 0 Å². The molecule has 104 valence electrons. The molecule has 4 nitrogen and oxygen atoms in total. The first kappa shape index (κ1) is 14.0. The zero-order valence-corrected chi connectivity index (χ0v) is 11.6. The molecule has 2 rings (SSSR count). The van der Waals surface area contributed by atoms with Crippen LogP contribution in [0.2, 0.25) is 0 Å². The van der Waals surface area contributed by atoms with Crippen LogP contribution in [0, 0.1) is 0 Å². The van der Waals surface area contributed by atoms with Gasteiger partial charge in [-0.2, -0.15) is 0 Å². The van der Waals surface area contributed by atoms with Gasteiger partial charge in [-0.1, -0.05) is 6.92 Å². The third-order valence-electron chi connectivity index (χ3n) is 3.37. The smallest absolute Gasteiger partial charge is 0.159 e. The van der Waals surface area contributed by atoms with E-state index >= 15 is 0 Å². The first-order chi connectivity index (χ1) is 9.19. The van der Waals surface area contributed by atoms with Gasteiger partial charge in [0, 0.05) is 18.7 Å². The SMILES string of the molecule is CCN1CCOC(COc2ccc(C(C)=O)cc2)C1. The number of nitrogens with zero attached hydrogens (tertiary/aromatic N) is 1. The summed E-state index contributed by atoms with van der Waals surface area (Å²) in [6, 6.07) is 7.24. The van der Waals surface area contributed by atoms with Crippen LogP contribution < -0.4 is 4.74 Å². The molecule has 0 bridgehead atoms. The maximum atomic E-state index is 11.2. The normalized spacial score (nSPS) is 20.2. The molecule has 1 aliphatic rings. The van der Waals surface area contributed by atoms with Crippen molar-refractivity contribution in [1.82, 2.24) is 4.90 Å². The zero-order chi connectivity index (χ0) is 13.7. The highest BCUT2D eigenvalue weighted by atomic mass is 16.5. The topological polar surface area (TPSA) is 38.8 Å². The minimum Gasteiger partial charge on any atom is -0.491 e. The van der Waals surface area contributed by atoms with Gasteiger partial charge in [-0.15, -0.1) is 0 Å². The molecule has 1 aromatic rings. The fourth-order valence-electron chi connectivity index (χ4n) is 2.14. The second-order valence-corrected chi connectivity index (χ2v) is 4.78. The molecule has 19 heavy (non-hydrogen) atoms. The van der Waals surface area contributed by atoms with Crippen LogP contribution in [0.5, 0.6) is 5.75 Å². The van der Waals surface area contributed by atoms with Crippen LogP contribution in [0.3, 0.4) is 0 Å². The van der Waals surface area contributed by atoms with Gasteiger partial charge in [0.05, 0.1) is 6.61 Å². The van der Waals surface area contributed by atoms with Crippen molar-refractivity contribution in [3.05, 3.63) is 29.8 Å². The molecule has 0 aromatic heterocycles. The van der Waals surface area contributed by atoms with Crippen LogP contribution in [0.4, 0.5) is 0 Å². The van der Waals surface area contributed by atoms with E-state index in [1.54, 1.807) is 19.1 Å². The molecule has 1 unspecified atom stereocenters.